The van der Waals surface area contributed by atoms with E-state index in [0.717, 1.165) is 5.56 Å². The first-order valence-electron chi connectivity index (χ1n) is 10.4. The van der Waals surface area contributed by atoms with Gasteiger partial charge in [0, 0.05) is 5.56 Å². The number of carbonyl (C=O) groups excluding carboxylic acids is 2. The zero-order chi connectivity index (χ0) is 25.2. The maximum atomic E-state index is 12.7. The number of hydrogen-bond donors (Lipinski definition) is 3. The Morgan fingerprint density at radius 3 is 2.03 bits per heavy atom. The van der Waals surface area contributed by atoms with Gasteiger partial charge in [0.05, 0.1) is 26.9 Å². The molecule has 0 aliphatic heterocycles. The Hall–Kier alpha value is -4.31. The summed E-state index contributed by atoms with van der Waals surface area (Å²) in [6.45, 7) is 0.307. The third kappa shape index (κ3) is 6.61. The fraction of sp³-hybridized carbons (Fsp3) is 0.160. The minimum absolute atomic E-state index is 0.111. The van der Waals surface area contributed by atoms with Crippen LogP contribution in [-0.4, -0.2) is 38.3 Å². The average Bonchev–Trinajstić information content (AvgIpc) is 2.90. The summed E-state index contributed by atoms with van der Waals surface area (Å²) in [7, 11) is 4.36. The van der Waals surface area contributed by atoms with Gasteiger partial charge >= 0.3 is 0 Å². The number of carbonyl (C=O) groups is 2. The van der Waals surface area contributed by atoms with Gasteiger partial charge in [0.25, 0.3) is 11.8 Å². The predicted molar refractivity (Wildman–Crippen MR) is 134 cm³/mol. The third-order valence-corrected chi connectivity index (χ3v) is 5.02. The van der Waals surface area contributed by atoms with Gasteiger partial charge in [0.2, 0.25) is 5.75 Å². The Morgan fingerprint density at radius 1 is 0.771 bits per heavy atom. The van der Waals surface area contributed by atoms with Crippen LogP contribution in [0.5, 0.6) is 23.0 Å². The topological polar surface area (TPSA) is 107 Å². The van der Waals surface area contributed by atoms with Crippen LogP contribution in [0.3, 0.4) is 0 Å². The van der Waals surface area contributed by atoms with E-state index in [-0.39, 0.29) is 10.7 Å². The monoisotopic (exact) mass is 495 g/mol. The zero-order valence-corrected chi connectivity index (χ0v) is 20.2. The lowest BCUT2D eigenvalue weighted by molar-refractivity contribution is 0.0930. The molecule has 2 amide bonds. The first kappa shape index (κ1) is 25.3. The smallest absolute Gasteiger partial charge is 0.273 e. The van der Waals surface area contributed by atoms with Crippen LogP contribution < -0.4 is 35.1 Å². The Balaban J connectivity index is 1.60. The van der Waals surface area contributed by atoms with E-state index < -0.39 is 11.8 Å². The first-order chi connectivity index (χ1) is 17.0. The van der Waals surface area contributed by atoms with Crippen LogP contribution in [0.25, 0.3) is 0 Å². The van der Waals surface area contributed by atoms with Crippen LogP contribution in [0.4, 0.5) is 0 Å². The van der Waals surface area contributed by atoms with Crippen LogP contribution in [0, 0.1) is 0 Å². The van der Waals surface area contributed by atoms with Gasteiger partial charge in [-0.25, -0.2) is 0 Å². The number of ether oxygens (including phenoxy) is 4. The Bertz CT molecular complexity index is 1180. The fourth-order valence-corrected chi connectivity index (χ4v) is 3.26. The van der Waals surface area contributed by atoms with Gasteiger partial charge in [0.15, 0.2) is 16.6 Å². The molecule has 0 spiro atoms. The van der Waals surface area contributed by atoms with Crippen LogP contribution in [0.15, 0.2) is 66.7 Å². The summed E-state index contributed by atoms with van der Waals surface area (Å²) in [5.41, 5.74) is 6.47. The molecule has 0 atom stereocenters. The minimum atomic E-state index is -0.539. The van der Waals surface area contributed by atoms with Crippen molar-refractivity contribution < 1.29 is 28.5 Å². The molecule has 9 nitrogen and oxygen atoms in total. The van der Waals surface area contributed by atoms with Crippen molar-refractivity contribution in [1.29, 1.82) is 0 Å². The van der Waals surface area contributed by atoms with E-state index in [1.807, 2.05) is 30.3 Å². The van der Waals surface area contributed by atoms with E-state index in [2.05, 4.69) is 16.2 Å². The highest BCUT2D eigenvalue weighted by Gasteiger charge is 2.18. The summed E-state index contributed by atoms with van der Waals surface area (Å²) >= 11 is 5.14. The maximum absolute atomic E-state index is 12.7. The summed E-state index contributed by atoms with van der Waals surface area (Å²) in [4.78, 5) is 25.4. The number of hydrogen-bond acceptors (Lipinski definition) is 7. The van der Waals surface area contributed by atoms with Crippen molar-refractivity contribution >= 4 is 29.1 Å². The number of nitrogens with one attached hydrogen (secondary N) is 3. The van der Waals surface area contributed by atoms with E-state index >= 15 is 0 Å². The Labute approximate surface area is 208 Å². The summed E-state index contributed by atoms with van der Waals surface area (Å²) < 4.78 is 21.6. The van der Waals surface area contributed by atoms with Gasteiger partial charge < -0.3 is 18.9 Å². The van der Waals surface area contributed by atoms with Crippen molar-refractivity contribution in [3.8, 4) is 23.0 Å². The lowest BCUT2D eigenvalue weighted by Gasteiger charge is -2.15. The number of amides is 2. The Morgan fingerprint density at radius 2 is 1.40 bits per heavy atom. The molecule has 3 aromatic rings. The molecule has 0 aliphatic carbocycles. The number of para-hydroxylation sites is 1. The van der Waals surface area contributed by atoms with Crippen molar-refractivity contribution in [2.45, 2.75) is 6.61 Å². The third-order valence-electron chi connectivity index (χ3n) is 4.81. The summed E-state index contributed by atoms with van der Waals surface area (Å²) in [5.74, 6) is 0.365. The number of thiocarbonyl (C=S) groups is 1. The standard InChI is InChI=1S/C25H25N3O6S/c1-31-20-13-17(14-21(32-2)22(20)33-3)23(29)26-25(35)28-27-24(30)18-11-7-8-12-19(18)34-15-16-9-5-4-6-10-16/h4-14H,15H2,1-3H3,(H,27,30)(H2,26,28,29,35). The van der Waals surface area contributed by atoms with Crippen LogP contribution in [-0.2, 0) is 6.61 Å². The van der Waals surface area contributed by atoms with Crippen molar-refractivity contribution in [2.24, 2.45) is 0 Å². The SMILES string of the molecule is COc1cc(C(=O)NC(=S)NNC(=O)c2ccccc2OCc2ccccc2)cc(OC)c1OC. The van der Waals surface area contributed by atoms with E-state index in [0.29, 0.717) is 35.2 Å². The quantitative estimate of drug-likeness (QED) is 0.323. The molecule has 0 saturated heterocycles. The van der Waals surface area contributed by atoms with Gasteiger partial charge in [0.1, 0.15) is 12.4 Å². The molecule has 0 heterocycles. The first-order valence-corrected chi connectivity index (χ1v) is 10.8. The molecule has 0 bridgehead atoms. The highest BCUT2D eigenvalue weighted by molar-refractivity contribution is 7.80. The normalized spacial score (nSPS) is 10.0. The highest BCUT2D eigenvalue weighted by atomic mass is 32.1. The molecular weight excluding hydrogens is 470 g/mol. The second-order valence-corrected chi connectivity index (χ2v) is 7.46. The lowest BCUT2D eigenvalue weighted by Crippen LogP contribution is -2.48. The highest BCUT2D eigenvalue weighted by Crippen LogP contribution is 2.38. The van der Waals surface area contributed by atoms with E-state index in [9.17, 15) is 9.59 Å². The molecular formula is C25H25N3O6S. The molecule has 3 rings (SSSR count). The number of methoxy groups -OCH3 is 3. The van der Waals surface area contributed by atoms with E-state index in [4.69, 9.17) is 31.2 Å². The van der Waals surface area contributed by atoms with Gasteiger partial charge in [-0.3, -0.25) is 25.8 Å². The molecule has 35 heavy (non-hydrogen) atoms. The molecule has 0 saturated carbocycles. The second kappa shape index (κ2) is 12.2. The summed E-state index contributed by atoms with van der Waals surface area (Å²) in [5, 5.41) is 2.38. The molecule has 3 N–H and O–H groups in total. The predicted octanol–water partition coefficient (Wildman–Crippen LogP) is 3.24. The molecule has 0 unspecified atom stereocenters. The molecule has 0 aliphatic rings. The average molecular weight is 496 g/mol. The Kier molecular flexibility index (Phi) is 8.85. The lowest BCUT2D eigenvalue weighted by atomic mass is 10.1. The zero-order valence-electron chi connectivity index (χ0n) is 19.4. The van der Waals surface area contributed by atoms with Gasteiger partial charge in [-0.15, -0.1) is 0 Å². The van der Waals surface area contributed by atoms with Crippen LogP contribution in [0.2, 0.25) is 0 Å². The van der Waals surface area contributed by atoms with Gasteiger partial charge in [-0.2, -0.15) is 0 Å². The van der Waals surface area contributed by atoms with Crippen LogP contribution >= 0.6 is 12.2 Å². The minimum Gasteiger partial charge on any atom is -0.493 e. The van der Waals surface area contributed by atoms with E-state index in [1.165, 1.54) is 33.5 Å². The number of benzene rings is 3. The van der Waals surface area contributed by atoms with E-state index in [1.54, 1.807) is 24.3 Å². The molecule has 182 valence electrons. The summed E-state index contributed by atoms with van der Waals surface area (Å²) in [6.07, 6.45) is 0. The van der Waals surface area contributed by atoms with Crippen molar-refractivity contribution in [3.63, 3.8) is 0 Å². The van der Waals surface area contributed by atoms with Crippen molar-refractivity contribution in [1.82, 2.24) is 16.2 Å². The van der Waals surface area contributed by atoms with Crippen molar-refractivity contribution in [3.05, 3.63) is 83.4 Å². The van der Waals surface area contributed by atoms with Crippen LogP contribution in [0.1, 0.15) is 26.3 Å². The molecule has 0 fully saturated rings. The maximum Gasteiger partial charge on any atom is 0.273 e. The number of hydrazine groups is 1. The molecule has 10 heteroatoms. The second-order valence-electron chi connectivity index (χ2n) is 7.05. The largest absolute Gasteiger partial charge is 0.493 e. The molecule has 0 radical (unpaired) electrons. The summed E-state index contributed by atoms with van der Waals surface area (Å²) in [6, 6.07) is 19.4. The fourth-order valence-electron chi connectivity index (χ4n) is 3.11. The molecule has 3 aromatic carbocycles. The van der Waals surface area contributed by atoms with Gasteiger partial charge in [-0.1, -0.05) is 42.5 Å². The van der Waals surface area contributed by atoms with Crippen molar-refractivity contribution in [2.75, 3.05) is 21.3 Å². The molecule has 0 aromatic heterocycles. The number of rotatable bonds is 8. The van der Waals surface area contributed by atoms with Gasteiger partial charge in [-0.05, 0) is 42.0 Å².